The molecule has 15 nitrogen and oxygen atoms in total. The lowest BCUT2D eigenvalue weighted by atomic mass is 9.90. The van der Waals surface area contributed by atoms with Crippen LogP contribution in [0.5, 0.6) is 0 Å². The number of fused-ring (bicyclic) bond motifs is 1. The van der Waals surface area contributed by atoms with Gasteiger partial charge in [-0.2, -0.15) is 0 Å². The minimum Gasteiger partial charge on any atom is -0.463 e. The number of nitrogens with zero attached hydrogens (tertiary/aromatic N) is 2. The van der Waals surface area contributed by atoms with Gasteiger partial charge in [-0.05, 0) is 28.8 Å². The van der Waals surface area contributed by atoms with Crippen molar-refractivity contribution in [2.45, 2.75) is 110 Å². The SMILES string of the molecule is CC(=O)OC[C@H]1O[C@@H](CC(=S)NCc2ccc(C3O[C@H](Cn4cnc5ccccc54)[C@H](C)[C@H](c4ccc(CO)cc4)O3)cc2)[C@H](OC(C)=O)[C@@H](OC(C)=O)[C@@H]1OC(C)=O. The third-order valence-electron chi connectivity index (χ3n) is 10.2. The summed E-state index contributed by atoms with van der Waals surface area (Å²) in [5.74, 6) is -2.74. The molecule has 4 aromatic rings. The lowest BCUT2D eigenvalue weighted by molar-refractivity contribution is -0.276. The average Bonchev–Trinajstić information content (AvgIpc) is 3.61. The van der Waals surface area contributed by atoms with Gasteiger partial charge in [0.1, 0.15) is 18.8 Å². The van der Waals surface area contributed by atoms with E-state index in [1.807, 2.05) is 79.1 Å². The van der Waals surface area contributed by atoms with Crippen LogP contribution in [0.1, 0.15) is 75.7 Å². The second-order valence-electron chi connectivity index (χ2n) is 14.7. The minimum absolute atomic E-state index is 0.0166. The molecule has 3 heterocycles. The van der Waals surface area contributed by atoms with E-state index in [-0.39, 0.29) is 37.8 Å². The van der Waals surface area contributed by atoms with E-state index in [2.05, 4.69) is 21.8 Å². The first-order valence-corrected chi connectivity index (χ1v) is 19.8. The summed E-state index contributed by atoms with van der Waals surface area (Å²) in [7, 11) is 0. The lowest BCUT2D eigenvalue weighted by Crippen LogP contribution is -2.62. The van der Waals surface area contributed by atoms with Gasteiger partial charge >= 0.3 is 23.9 Å². The molecule has 2 fully saturated rings. The van der Waals surface area contributed by atoms with E-state index in [9.17, 15) is 24.3 Å². The molecular formula is C43H49N3O12S. The Labute approximate surface area is 347 Å². The maximum absolute atomic E-state index is 12.2. The first-order chi connectivity index (χ1) is 28.3. The molecule has 0 aliphatic carbocycles. The summed E-state index contributed by atoms with van der Waals surface area (Å²) in [5, 5.41) is 12.8. The molecule has 314 valence electrons. The second-order valence-corrected chi connectivity index (χ2v) is 15.2. The highest BCUT2D eigenvalue weighted by atomic mass is 32.1. The Kier molecular flexibility index (Phi) is 14.4. The van der Waals surface area contributed by atoms with Gasteiger partial charge in [0.2, 0.25) is 0 Å². The van der Waals surface area contributed by atoms with E-state index in [0.29, 0.717) is 18.1 Å². The molecule has 1 unspecified atom stereocenters. The average molecular weight is 832 g/mol. The third-order valence-corrected chi connectivity index (χ3v) is 10.6. The Morgan fingerprint density at radius 2 is 1.36 bits per heavy atom. The normalized spacial score (nSPS) is 25.4. The van der Waals surface area contributed by atoms with Crippen LogP contribution in [0.3, 0.4) is 0 Å². The Morgan fingerprint density at radius 1 is 0.746 bits per heavy atom. The van der Waals surface area contributed by atoms with Crippen LogP contribution >= 0.6 is 12.2 Å². The van der Waals surface area contributed by atoms with Crippen molar-refractivity contribution in [2.24, 2.45) is 5.92 Å². The van der Waals surface area contributed by atoms with Crippen molar-refractivity contribution in [1.29, 1.82) is 0 Å². The van der Waals surface area contributed by atoms with Gasteiger partial charge in [-0.1, -0.05) is 79.8 Å². The van der Waals surface area contributed by atoms with Crippen LogP contribution < -0.4 is 5.32 Å². The number of imidazole rings is 1. The number of thiocarbonyl (C=S) groups is 1. The van der Waals surface area contributed by atoms with Gasteiger partial charge < -0.3 is 48.1 Å². The number of carbonyl (C=O) groups is 4. The maximum Gasteiger partial charge on any atom is 0.303 e. The van der Waals surface area contributed by atoms with E-state index in [4.69, 9.17) is 45.4 Å². The van der Waals surface area contributed by atoms with Crippen molar-refractivity contribution in [1.82, 2.24) is 14.9 Å². The van der Waals surface area contributed by atoms with E-state index in [1.165, 1.54) is 27.7 Å². The summed E-state index contributed by atoms with van der Waals surface area (Å²) in [6.07, 6.45) is -5.13. The van der Waals surface area contributed by atoms with Crippen LogP contribution in [0.4, 0.5) is 0 Å². The number of aliphatic hydroxyl groups is 1. The highest BCUT2D eigenvalue weighted by Crippen LogP contribution is 2.42. The van der Waals surface area contributed by atoms with Crippen LogP contribution in [-0.2, 0) is 72.0 Å². The molecule has 2 aliphatic heterocycles. The number of para-hydroxylation sites is 2. The van der Waals surface area contributed by atoms with E-state index in [0.717, 1.165) is 33.3 Å². The molecule has 2 N–H and O–H groups in total. The van der Waals surface area contributed by atoms with Crippen LogP contribution in [0.15, 0.2) is 79.1 Å². The molecule has 6 rings (SSSR count). The predicted octanol–water partition coefficient (Wildman–Crippen LogP) is 4.95. The van der Waals surface area contributed by atoms with Crippen LogP contribution in [-0.4, -0.2) is 86.8 Å². The number of carbonyl (C=O) groups excluding carboxylic acids is 4. The molecule has 0 spiro atoms. The molecule has 2 saturated heterocycles. The molecule has 0 saturated carbocycles. The number of esters is 4. The van der Waals surface area contributed by atoms with Crippen molar-refractivity contribution < 1.29 is 57.4 Å². The summed E-state index contributed by atoms with van der Waals surface area (Å²) in [5.41, 5.74) is 5.42. The van der Waals surface area contributed by atoms with Crippen molar-refractivity contribution in [2.75, 3.05) is 6.61 Å². The summed E-state index contributed by atoms with van der Waals surface area (Å²) in [6, 6.07) is 23.5. The van der Waals surface area contributed by atoms with E-state index < -0.39 is 60.7 Å². The molecule has 0 bridgehead atoms. The first-order valence-electron chi connectivity index (χ1n) is 19.4. The Balaban J connectivity index is 1.16. The number of benzene rings is 3. The number of aliphatic hydroxyl groups excluding tert-OH is 1. The zero-order chi connectivity index (χ0) is 42.2. The van der Waals surface area contributed by atoms with Crippen molar-refractivity contribution >= 4 is 52.1 Å². The summed E-state index contributed by atoms with van der Waals surface area (Å²) >= 11 is 5.70. The summed E-state index contributed by atoms with van der Waals surface area (Å²) in [6.45, 7) is 7.36. The largest absolute Gasteiger partial charge is 0.463 e. The van der Waals surface area contributed by atoms with Gasteiger partial charge in [0.25, 0.3) is 0 Å². The van der Waals surface area contributed by atoms with Crippen molar-refractivity contribution in [3.63, 3.8) is 0 Å². The fourth-order valence-electron chi connectivity index (χ4n) is 7.41. The highest BCUT2D eigenvalue weighted by molar-refractivity contribution is 7.80. The molecule has 59 heavy (non-hydrogen) atoms. The topological polar surface area (TPSA) is 183 Å². The molecule has 2 aliphatic rings. The second kappa shape index (κ2) is 19.7. The van der Waals surface area contributed by atoms with Gasteiger partial charge in [-0.25, -0.2) is 4.98 Å². The number of aromatic nitrogens is 2. The van der Waals surface area contributed by atoms with E-state index >= 15 is 0 Å². The molecule has 0 amide bonds. The van der Waals surface area contributed by atoms with Gasteiger partial charge in [0, 0.05) is 52.1 Å². The maximum atomic E-state index is 12.2. The van der Waals surface area contributed by atoms with Crippen molar-refractivity contribution in [3.05, 3.63) is 101 Å². The number of hydrogen-bond acceptors (Lipinski definition) is 14. The summed E-state index contributed by atoms with van der Waals surface area (Å²) in [4.78, 5) is 53.1. The van der Waals surface area contributed by atoms with Crippen molar-refractivity contribution in [3.8, 4) is 0 Å². The number of ether oxygens (including phenoxy) is 7. The van der Waals surface area contributed by atoms with Gasteiger partial charge in [-0.15, -0.1) is 0 Å². The molecule has 3 aromatic carbocycles. The Bertz CT molecular complexity index is 2110. The van der Waals surface area contributed by atoms with Gasteiger partial charge in [0.15, 0.2) is 24.6 Å². The predicted molar refractivity (Wildman–Crippen MR) is 215 cm³/mol. The number of hydrogen-bond donors (Lipinski definition) is 2. The van der Waals surface area contributed by atoms with Gasteiger partial charge in [-0.3, -0.25) is 19.2 Å². The zero-order valence-corrected chi connectivity index (χ0v) is 34.3. The molecule has 16 heteroatoms. The smallest absolute Gasteiger partial charge is 0.303 e. The lowest BCUT2D eigenvalue weighted by Gasteiger charge is -2.44. The van der Waals surface area contributed by atoms with Crippen LogP contribution in [0.25, 0.3) is 11.0 Å². The van der Waals surface area contributed by atoms with E-state index in [1.54, 1.807) is 0 Å². The fraction of sp³-hybridized carbons (Fsp3) is 0.442. The third kappa shape index (κ3) is 11.1. The first kappa shape index (κ1) is 43.3. The molecule has 9 atom stereocenters. The Morgan fingerprint density at radius 3 is 2.00 bits per heavy atom. The highest BCUT2D eigenvalue weighted by Gasteiger charge is 2.52. The molecule has 0 radical (unpaired) electrons. The quantitative estimate of drug-likeness (QED) is 0.0988. The monoisotopic (exact) mass is 831 g/mol. The number of rotatable bonds is 14. The fourth-order valence-corrected chi connectivity index (χ4v) is 7.64. The van der Waals surface area contributed by atoms with Crippen LogP contribution in [0.2, 0.25) is 0 Å². The number of nitrogens with one attached hydrogen (secondary N) is 1. The minimum atomic E-state index is -1.28. The molecular weight excluding hydrogens is 783 g/mol. The van der Waals surface area contributed by atoms with Crippen LogP contribution in [0, 0.1) is 5.92 Å². The molecule has 1 aromatic heterocycles. The Hall–Kier alpha value is -5.26. The summed E-state index contributed by atoms with van der Waals surface area (Å²) < 4.78 is 43.4. The standard InChI is InChI=1S/C43H49N3O12S/c1-24-36(20-46-23-45-33-8-6-7-9-34(33)46)57-43(58-39(24)31-14-12-30(21-47)13-15-31)32-16-10-29(11-17-32)19-44-38(59)18-35-40(53-26(3)49)42(55-28(5)51)41(54-27(4)50)37(56-35)22-52-25(2)48/h6-17,23-24,35-37,39-43,47H,18-22H2,1-5H3,(H,44,59)/t24-,35-,36+,37+,39+,40-,41+,42+,43?/m0/s1. The van der Waals surface area contributed by atoms with Gasteiger partial charge in [0.05, 0.1) is 47.7 Å². The zero-order valence-electron chi connectivity index (χ0n) is 33.5.